The summed E-state index contributed by atoms with van der Waals surface area (Å²) in [6.07, 6.45) is 2.14. The number of fused-ring (bicyclic) bond motifs is 1. The van der Waals surface area contributed by atoms with Gasteiger partial charge in [-0.2, -0.15) is 0 Å². The van der Waals surface area contributed by atoms with Crippen molar-refractivity contribution < 1.29 is 28.2 Å². The highest BCUT2D eigenvalue weighted by Crippen LogP contribution is 2.42. The van der Waals surface area contributed by atoms with Gasteiger partial charge in [-0.1, -0.05) is 6.07 Å². The standard InChI is InChI=1S/C24H16F2N2O4/c25-16-6-5-15(12-17(16)26)28-21(18-3-1-2-9-27-18)20(23(30)24(28)31)22(29)14-4-7-19-13(11-14)8-10-32-19/h1-7,9,11-12,21,29H,8,10H2/b22-20-. The number of aliphatic hydroxyl groups is 1. The number of carbonyl (C=O) groups is 2. The Kier molecular flexibility index (Phi) is 4.70. The van der Waals surface area contributed by atoms with Crippen LogP contribution in [0.4, 0.5) is 14.5 Å². The van der Waals surface area contributed by atoms with Crippen molar-refractivity contribution in [3.05, 3.63) is 94.8 Å². The molecule has 1 saturated heterocycles. The first-order valence-electron chi connectivity index (χ1n) is 9.89. The molecule has 1 amide bonds. The van der Waals surface area contributed by atoms with Gasteiger partial charge in [-0.15, -0.1) is 0 Å². The number of aliphatic hydroxyl groups excluding tert-OH is 1. The fourth-order valence-electron chi connectivity index (χ4n) is 4.04. The zero-order chi connectivity index (χ0) is 22.4. The molecule has 1 N–H and O–H groups in total. The van der Waals surface area contributed by atoms with Crippen molar-refractivity contribution in [3.63, 3.8) is 0 Å². The molecule has 6 nitrogen and oxygen atoms in total. The molecule has 3 aromatic rings. The molecular weight excluding hydrogens is 418 g/mol. The monoisotopic (exact) mass is 434 g/mol. The minimum Gasteiger partial charge on any atom is -0.507 e. The van der Waals surface area contributed by atoms with Gasteiger partial charge < -0.3 is 9.84 Å². The van der Waals surface area contributed by atoms with E-state index in [1.54, 1.807) is 36.4 Å². The summed E-state index contributed by atoms with van der Waals surface area (Å²) in [5.74, 6) is -3.84. The van der Waals surface area contributed by atoms with Crippen LogP contribution in [-0.2, 0) is 16.0 Å². The fraction of sp³-hybridized carbons (Fsp3) is 0.125. The average molecular weight is 434 g/mol. The number of hydrogen-bond donors (Lipinski definition) is 1. The van der Waals surface area contributed by atoms with Crippen LogP contribution in [0.25, 0.3) is 5.76 Å². The third kappa shape index (κ3) is 3.11. The van der Waals surface area contributed by atoms with Crippen LogP contribution >= 0.6 is 0 Å². The highest BCUT2D eigenvalue weighted by atomic mass is 19.2. The lowest BCUT2D eigenvalue weighted by Crippen LogP contribution is -2.30. The second-order valence-electron chi connectivity index (χ2n) is 7.44. The van der Waals surface area contributed by atoms with Crippen molar-refractivity contribution in [2.45, 2.75) is 12.5 Å². The number of ketones is 1. The Labute approximate surface area is 181 Å². The van der Waals surface area contributed by atoms with Crippen LogP contribution in [0.1, 0.15) is 22.9 Å². The van der Waals surface area contributed by atoms with Crippen molar-refractivity contribution in [1.82, 2.24) is 4.98 Å². The lowest BCUT2D eigenvalue weighted by Gasteiger charge is -2.24. The van der Waals surface area contributed by atoms with Crippen LogP contribution < -0.4 is 9.64 Å². The molecule has 5 rings (SSSR count). The van der Waals surface area contributed by atoms with Crippen molar-refractivity contribution >= 4 is 23.1 Å². The quantitative estimate of drug-likeness (QED) is 0.384. The minimum atomic E-state index is -1.16. The highest BCUT2D eigenvalue weighted by molar-refractivity contribution is 6.51. The molecule has 1 unspecified atom stereocenters. The van der Waals surface area contributed by atoms with Crippen LogP contribution in [0.3, 0.4) is 0 Å². The number of carbonyl (C=O) groups excluding carboxylic acids is 2. The van der Waals surface area contributed by atoms with Gasteiger partial charge in [0.05, 0.1) is 17.9 Å². The van der Waals surface area contributed by atoms with Gasteiger partial charge in [0.15, 0.2) is 11.6 Å². The highest BCUT2D eigenvalue weighted by Gasteiger charge is 2.47. The molecule has 8 heteroatoms. The molecule has 3 heterocycles. The summed E-state index contributed by atoms with van der Waals surface area (Å²) in [4.78, 5) is 31.3. The molecule has 160 valence electrons. The van der Waals surface area contributed by atoms with E-state index in [-0.39, 0.29) is 17.0 Å². The van der Waals surface area contributed by atoms with Gasteiger partial charge >= 0.3 is 0 Å². The van der Waals surface area contributed by atoms with E-state index in [1.807, 2.05) is 0 Å². The maximum atomic E-state index is 13.9. The molecule has 0 spiro atoms. The first-order valence-corrected chi connectivity index (χ1v) is 9.89. The number of halogens is 2. The summed E-state index contributed by atoms with van der Waals surface area (Å²) >= 11 is 0. The minimum absolute atomic E-state index is 0.0249. The van der Waals surface area contributed by atoms with Gasteiger partial charge in [0.1, 0.15) is 17.6 Å². The van der Waals surface area contributed by atoms with Crippen LogP contribution in [0.5, 0.6) is 5.75 Å². The summed E-state index contributed by atoms with van der Waals surface area (Å²) < 4.78 is 32.9. The Bertz CT molecular complexity index is 1290. The topological polar surface area (TPSA) is 79.7 Å². The summed E-state index contributed by atoms with van der Waals surface area (Å²) in [5.41, 5.74) is 1.31. The second-order valence-corrected chi connectivity index (χ2v) is 7.44. The molecule has 2 aromatic carbocycles. The van der Waals surface area contributed by atoms with Gasteiger partial charge in [0.2, 0.25) is 0 Å². The molecule has 1 aromatic heterocycles. The number of aromatic nitrogens is 1. The molecule has 1 fully saturated rings. The Morgan fingerprint density at radius 2 is 1.91 bits per heavy atom. The molecular formula is C24H16F2N2O4. The van der Waals surface area contributed by atoms with E-state index in [9.17, 15) is 23.5 Å². The van der Waals surface area contributed by atoms with Crippen LogP contribution in [0.2, 0.25) is 0 Å². The zero-order valence-electron chi connectivity index (χ0n) is 16.6. The maximum absolute atomic E-state index is 13.9. The molecule has 0 radical (unpaired) electrons. The van der Waals surface area contributed by atoms with E-state index < -0.39 is 29.4 Å². The summed E-state index contributed by atoms with van der Waals surface area (Å²) in [7, 11) is 0. The number of hydrogen-bond acceptors (Lipinski definition) is 5. The van der Waals surface area contributed by atoms with Gasteiger partial charge in [0.25, 0.3) is 11.7 Å². The lowest BCUT2D eigenvalue weighted by molar-refractivity contribution is -0.132. The predicted molar refractivity (Wildman–Crippen MR) is 111 cm³/mol. The van der Waals surface area contributed by atoms with Gasteiger partial charge in [-0.25, -0.2) is 8.78 Å². The summed E-state index contributed by atoms with van der Waals surface area (Å²) in [6.45, 7) is 0.522. The van der Waals surface area contributed by atoms with Crippen LogP contribution in [-0.4, -0.2) is 28.4 Å². The average Bonchev–Trinajstić information content (AvgIpc) is 3.38. The SMILES string of the molecule is O=C1C(=O)N(c2ccc(F)c(F)c2)C(c2ccccn2)/C1=C(/O)c1ccc2c(c1)CCO2. The largest absolute Gasteiger partial charge is 0.507 e. The number of rotatable bonds is 3. The Morgan fingerprint density at radius 3 is 2.66 bits per heavy atom. The maximum Gasteiger partial charge on any atom is 0.300 e. The molecule has 32 heavy (non-hydrogen) atoms. The lowest BCUT2D eigenvalue weighted by atomic mass is 9.97. The number of nitrogens with zero attached hydrogens (tertiary/aromatic N) is 2. The number of Topliss-reactive ketones (excluding diaryl/α,β-unsaturated/α-hetero) is 1. The zero-order valence-corrected chi connectivity index (χ0v) is 16.6. The number of benzene rings is 2. The van der Waals surface area contributed by atoms with Crippen molar-refractivity contribution in [1.29, 1.82) is 0 Å². The third-order valence-corrected chi connectivity index (χ3v) is 5.56. The van der Waals surface area contributed by atoms with Crippen molar-refractivity contribution in [2.75, 3.05) is 11.5 Å². The molecule has 2 aliphatic heterocycles. The molecule has 1 atom stereocenters. The van der Waals surface area contributed by atoms with Gasteiger partial charge in [-0.05, 0) is 48.0 Å². The number of amides is 1. The van der Waals surface area contributed by atoms with E-state index in [4.69, 9.17) is 4.74 Å². The van der Waals surface area contributed by atoms with Gasteiger partial charge in [0, 0.05) is 29.9 Å². The summed E-state index contributed by atoms with van der Waals surface area (Å²) in [5, 5.41) is 11.1. The molecule has 0 bridgehead atoms. The number of ether oxygens (including phenoxy) is 1. The smallest absolute Gasteiger partial charge is 0.300 e. The summed E-state index contributed by atoms with van der Waals surface area (Å²) in [6, 6.07) is 11.7. The predicted octanol–water partition coefficient (Wildman–Crippen LogP) is 3.92. The van der Waals surface area contributed by atoms with E-state index in [0.29, 0.717) is 30.0 Å². The Balaban J connectivity index is 1.70. The van der Waals surface area contributed by atoms with E-state index >= 15 is 0 Å². The first-order chi connectivity index (χ1) is 15.5. The fourth-order valence-corrected chi connectivity index (χ4v) is 4.04. The van der Waals surface area contributed by atoms with Gasteiger partial charge in [-0.3, -0.25) is 19.5 Å². The third-order valence-electron chi connectivity index (χ3n) is 5.56. The molecule has 2 aliphatic rings. The Morgan fingerprint density at radius 1 is 1.06 bits per heavy atom. The number of pyridine rings is 1. The van der Waals surface area contributed by atoms with E-state index in [1.165, 1.54) is 12.3 Å². The normalized spacial score (nSPS) is 19.2. The van der Waals surface area contributed by atoms with Crippen molar-refractivity contribution in [2.24, 2.45) is 0 Å². The van der Waals surface area contributed by atoms with E-state index in [0.717, 1.165) is 22.6 Å². The van der Waals surface area contributed by atoms with Crippen LogP contribution in [0.15, 0.2) is 66.4 Å². The molecule has 0 aliphatic carbocycles. The molecule has 0 saturated carbocycles. The first kappa shape index (κ1) is 19.9. The second kappa shape index (κ2) is 7.56. The van der Waals surface area contributed by atoms with Crippen molar-refractivity contribution in [3.8, 4) is 5.75 Å². The van der Waals surface area contributed by atoms with E-state index in [2.05, 4.69) is 4.98 Å². The Hall–Kier alpha value is -4.07. The number of anilines is 1. The van der Waals surface area contributed by atoms with Crippen LogP contribution in [0, 0.1) is 11.6 Å².